The largest absolute Gasteiger partial charge is 0.409 e. The summed E-state index contributed by atoms with van der Waals surface area (Å²) in [5.74, 6) is 1.18. The molecule has 1 saturated heterocycles. The van der Waals surface area contributed by atoms with Gasteiger partial charge in [0, 0.05) is 31.3 Å². The molecule has 0 amide bonds. The quantitative estimate of drug-likeness (QED) is 0.332. The van der Waals surface area contributed by atoms with Gasteiger partial charge in [0.2, 0.25) is 0 Å². The third kappa shape index (κ3) is 2.68. The molecular formula is C15H22N4O2. The molecule has 6 nitrogen and oxygen atoms in total. The Bertz CT molecular complexity index is 559. The molecule has 2 heterocycles. The maximum absolute atomic E-state index is 9.31. The van der Waals surface area contributed by atoms with Crippen LogP contribution in [0, 0.1) is 5.92 Å². The first-order valence-corrected chi connectivity index (χ1v) is 7.59. The Kier molecular flexibility index (Phi) is 3.96. The van der Waals surface area contributed by atoms with Gasteiger partial charge in [0.05, 0.1) is 5.56 Å². The monoisotopic (exact) mass is 290 g/mol. The Hall–Kier alpha value is -1.82. The normalized spacial score (nSPS) is 22.4. The smallest absolute Gasteiger partial charge is 0.173 e. The molecule has 1 aromatic rings. The van der Waals surface area contributed by atoms with Crippen LogP contribution in [0.2, 0.25) is 0 Å². The molecule has 0 radical (unpaired) electrons. The zero-order valence-electron chi connectivity index (χ0n) is 12.1. The van der Waals surface area contributed by atoms with Gasteiger partial charge in [-0.25, -0.2) is 4.98 Å². The molecule has 4 N–H and O–H groups in total. The van der Waals surface area contributed by atoms with E-state index in [9.17, 15) is 5.11 Å². The molecule has 1 unspecified atom stereocenters. The van der Waals surface area contributed by atoms with Crippen LogP contribution in [-0.2, 0) is 12.8 Å². The van der Waals surface area contributed by atoms with E-state index in [1.54, 1.807) is 0 Å². The minimum Gasteiger partial charge on any atom is -0.409 e. The topological polar surface area (TPSA) is 95.0 Å². The number of oxime groups is 1. The number of aliphatic hydroxyl groups is 1. The van der Waals surface area contributed by atoms with Gasteiger partial charge < -0.3 is 20.9 Å². The number of aromatic nitrogens is 1. The van der Waals surface area contributed by atoms with Crippen LogP contribution >= 0.6 is 0 Å². The summed E-state index contributed by atoms with van der Waals surface area (Å²) in [7, 11) is 0. The van der Waals surface area contributed by atoms with Crippen molar-refractivity contribution < 1.29 is 10.3 Å². The maximum atomic E-state index is 9.31. The molecule has 0 aromatic carbocycles. The minimum atomic E-state index is 0.110. The summed E-state index contributed by atoms with van der Waals surface area (Å²) in [6.45, 7) is 1.82. The first-order valence-electron chi connectivity index (χ1n) is 7.59. The van der Waals surface area contributed by atoms with Gasteiger partial charge >= 0.3 is 0 Å². The molecule has 0 bridgehead atoms. The van der Waals surface area contributed by atoms with Gasteiger partial charge in [-0.05, 0) is 43.7 Å². The molecule has 1 atom stereocenters. The number of anilines is 1. The Morgan fingerprint density at radius 3 is 2.95 bits per heavy atom. The molecule has 1 aromatic heterocycles. The van der Waals surface area contributed by atoms with Crippen molar-refractivity contribution in [1.82, 2.24) is 4.98 Å². The fourth-order valence-corrected chi connectivity index (χ4v) is 3.28. The van der Waals surface area contributed by atoms with E-state index < -0.39 is 0 Å². The number of aliphatic hydroxyl groups excluding tert-OH is 1. The average Bonchev–Trinajstić information content (AvgIpc) is 3.01. The highest BCUT2D eigenvalue weighted by molar-refractivity contribution is 6.01. The first-order chi connectivity index (χ1) is 10.2. The molecule has 0 spiro atoms. The van der Waals surface area contributed by atoms with Crippen molar-refractivity contribution in [3.63, 3.8) is 0 Å². The summed E-state index contributed by atoms with van der Waals surface area (Å²) in [5.41, 5.74) is 8.90. The lowest BCUT2D eigenvalue weighted by molar-refractivity contribution is 0.238. The van der Waals surface area contributed by atoms with Gasteiger partial charge in [-0.15, -0.1) is 0 Å². The van der Waals surface area contributed by atoms with Crippen LogP contribution in [0.25, 0.3) is 0 Å². The minimum absolute atomic E-state index is 0.110. The van der Waals surface area contributed by atoms with Crippen LogP contribution < -0.4 is 10.6 Å². The average molecular weight is 290 g/mol. The van der Waals surface area contributed by atoms with Crippen LogP contribution in [0.15, 0.2) is 11.2 Å². The summed E-state index contributed by atoms with van der Waals surface area (Å²) in [5, 5.41) is 21.5. The molecule has 6 heteroatoms. The third-order valence-corrected chi connectivity index (χ3v) is 4.51. The van der Waals surface area contributed by atoms with E-state index in [2.05, 4.69) is 10.1 Å². The fraction of sp³-hybridized carbons (Fsp3) is 0.600. The number of pyridine rings is 1. The Morgan fingerprint density at radius 2 is 2.24 bits per heavy atom. The van der Waals surface area contributed by atoms with Gasteiger partial charge in [-0.1, -0.05) is 5.16 Å². The van der Waals surface area contributed by atoms with Crippen molar-refractivity contribution in [3.8, 4) is 0 Å². The summed E-state index contributed by atoms with van der Waals surface area (Å²) < 4.78 is 0. The van der Waals surface area contributed by atoms with E-state index in [4.69, 9.17) is 15.9 Å². The van der Waals surface area contributed by atoms with E-state index in [1.165, 1.54) is 18.4 Å². The molecule has 1 fully saturated rings. The van der Waals surface area contributed by atoms with Crippen molar-refractivity contribution in [2.75, 3.05) is 24.6 Å². The third-order valence-electron chi connectivity index (χ3n) is 4.51. The lowest BCUT2D eigenvalue weighted by Crippen LogP contribution is -2.27. The van der Waals surface area contributed by atoms with Crippen molar-refractivity contribution in [1.29, 1.82) is 0 Å². The van der Waals surface area contributed by atoms with Gasteiger partial charge in [-0.3, -0.25) is 0 Å². The number of amidine groups is 1. The molecule has 3 rings (SSSR count). The summed E-state index contributed by atoms with van der Waals surface area (Å²) in [4.78, 5) is 6.95. The summed E-state index contributed by atoms with van der Waals surface area (Å²) in [6, 6.07) is 2.03. The van der Waals surface area contributed by atoms with Gasteiger partial charge in [-0.2, -0.15) is 0 Å². The number of hydrogen-bond acceptors (Lipinski definition) is 5. The molecule has 1 aliphatic heterocycles. The number of nitrogens with zero attached hydrogens (tertiary/aromatic N) is 3. The van der Waals surface area contributed by atoms with Gasteiger partial charge in [0.15, 0.2) is 5.84 Å². The predicted octanol–water partition coefficient (Wildman–Crippen LogP) is 0.873. The number of nitrogens with two attached hydrogens (primary N) is 1. The molecule has 0 saturated carbocycles. The van der Waals surface area contributed by atoms with Crippen molar-refractivity contribution >= 4 is 11.7 Å². The number of fused-ring (bicyclic) bond motifs is 1. The SMILES string of the molecule is N/C(=N/O)c1cc2c(nc1N1CCC(CO)C1)CCCC2. The van der Waals surface area contributed by atoms with E-state index in [-0.39, 0.29) is 18.4 Å². The van der Waals surface area contributed by atoms with Crippen LogP contribution in [0.1, 0.15) is 36.1 Å². The maximum Gasteiger partial charge on any atom is 0.173 e. The van der Waals surface area contributed by atoms with Crippen molar-refractivity contribution in [2.24, 2.45) is 16.8 Å². The molecule has 1 aliphatic carbocycles. The standard InChI is InChI=1S/C15H22N4O2/c16-14(18-21)12-7-11-3-1-2-4-13(11)17-15(12)19-6-5-10(8-19)9-20/h7,10,20-21H,1-6,8-9H2,(H2,16,18). The molecule has 114 valence electrons. The molecule has 2 aliphatic rings. The number of rotatable bonds is 3. The zero-order chi connectivity index (χ0) is 14.8. The fourth-order valence-electron chi connectivity index (χ4n) is 3.28. The van der Waals surface area contributed by atoms with Gasteiger partial charge in [0.1, 0.15) is 5.82 Å². The zero-order valence-corrected chi connectivity index (χ0v) is 12.1. The highest BCUT2D eigenvalue weighted by atomic mass is 16.4. The lowest BCUT2D eigenvalue weighted by atomic mass is 9.94. The van der Waals surface area contributed by atoms with Gasteiger partial charge in [0.25, 0.3) is 0 Å². The van der Waals surface area contributed by atoms with E-state index in [1.807, 2.05) is 6.07 Å². The van der Waals surface area contributed by atoms with Crippen molar-refractivity contribution in [2.45, 2.75) is 32.1 Å². The Balaban J connectivity index is 2.01. The van der Waals surface area contributed by atoms with Crippen molar-refractivity contribution in [3.05, 3.63) is 22.9 Å². The van der Waals surface area contributed by atoms with Crippen LogP contribution in [-0.4, -0.2) is 40.8 Å². The predicted molar refractivity (Wildman–Crippen MR) is 80.8 cm³/mol. The van der Waals surface area contributed by atoms with Crippen LogP contribution in [0.5, 0.6) is 0 Å². The molecule has 21 heavy (non-hydrogen) atoms. The second-order valence-electron chi connectivity index (χ2n) is 5.94. The van der Waals surface area contributed by atoms with E-state index in [0.717, 1.165) is 43.9 Å². The Labute approximate surface area is 124 Å². The van der Waals surface area contributed by atoms with Crippen LogP contribution in [0.3, 0.4) is 0 Å². The second-order valence-corrected chi connectivity index (χ2v) is 5.94. The van der Waals surface area contributed by atoms with E-state index in [0.29, 0.717) is 5.56 Å². The first kappa shape index (κ1) is 14.1. The Morgan fingerprint density at radius 1 is 1.43 bits per heavy atom. The highest BCUT2D eigenvalue weighted by Crippen LogP contribution is 2.30. The summed E-state index contributed by atoms with van der Waals surface area (Å²) >= 11 is 0. The molecular weight excluding hydrogens is 268 g/mol. The summed E-state index contributed by atoms with van der Waals surface area (Å²) in [6.07, 6.45) is 5.29. The van der Waals surface area contributed by atoms with Crippen LogP contribution in [0.4, 0.5) is 5.82 Å². The second kappa shape index (κ2) is 5.89. The number of hydrogen-bond donors (Lipinski definition) is 3. The number of aryl methyl sites for hydroxylation is 2. The lowest BCUT2D eigenvalue weighted by Gasteiger charge is -2.24. The highest BCUT2D eigenvalue weighted by Gasteiger charge is 2.27. The van der Waals surface area contributed by atoms with E-state index >= 15 is 0 Å².